The average Bonchev–Trinajstić information content (AvgIpc) is 2.56. The first-order valence-electron chi connectivity index (χ1n) is 6.98. The minimum absolute atomic E-state index is 0.0742. The lowest BCUT2D eigenvalue weighted by molar-refractivity contribution is 0.0693. The van der Waals surface area contributed by atoms with Gasteiger partial charge < -0.3 is 9.67 Å². The number of pyridine rings is 1. The highest BCUT2D eigenvalue weighted by molar-refractivity contribution is 5.88. The molecule has 2 rings (SSSR count). The lowest BCUT2D eigenvalue weighted by atomic mass is 10.0. The molecule has 104 valence electrons. The van der Waals surface area contributed by atoms with Crippen molar-refractivity contribution in [2.45, 2.75) is 58.4 Å². The summed E-state index contributed by atoms with van der Waals surface area (Å²) < 4.78 is 1.71. The van der Waals surface area contributed by atoms with Gasteiger partial charge in [0.15, 0.2) is 0 Å². The highest BCUT2D eigenvalue weighted by Crippen LogP contribution is 2.27. The third-order valence-corrected chi connectivity index (χ3v) is 4.04. The van der Waals surface area contributed by atoms with Gasteiger partial charge in [0.2, 0.25) is 0 Å². The van der Waals surface area contributed by atoms with E-state index in [4.69, 9.17) is 0 Å². The Kier molecular flexibility index (Phi) is 4.08. The Bertz CT molecular complexity index is 537. The molecular formula is C15H21NO3. The molecule has 4 nitrogen and oxygen atoms in total. The predicted octanol–water partition coefficient (Wildman–Crippen LogP) is 3.06. The average molecular weight is 263 g/mol. The maximum absolute atomic E-state index is 12.4. The van der Waals surface area contributed by atoms with E-state index in [2.05, 4.69) is 0 Å². The van der Waals surface area contributed by atoms with Crippen molar-refractivity contribution in [3.05, 3.63) is 33.2 Å². The van der Waals surface area contributed by atoms with E-state index in [9.17, 15) is 14.7 Å². The molecule has 0 unspecified atom stereocenters. The SMILES string of the molecule is Cc1cc(C)n(C2CCCCCC2)c(=O)c1C(=O)O. The van der Waals surface area contributed by atoms with Crippen molar-refractivity contribution in [2.75, 3.05) is 0 Å². The van der Waals surface area contributed by atoms with E-state index < -0.39 is 5.97 Å². The fourth-order valence-electron chi connectivity index (χ4n) is 3.13. The zero-order valence-electron chi connectivity index (χ0n) is 11.6. The standard InChI is InChI=1S/C15H21NO3/c1-10-9-11(2)16(14(17)13(10)15(18)19)12-7-5-3-4-6-8-12/h9,12H,3-8H2,1-2H3,(H,18,19). The molecule has 1 aliphatic carbocycles. The van der Waals surface area contributed by atoms with Crippen LogP contribution in [0.1, 0.15) is 66.2 Å². The van der Waals surface area contributed by atoms with Gasteiger partial charge in [0.05, 0.1) is 0 Å². The van der Waals surface area contributed by atoms with Crippen molar-refractivity contribution >= 4 is 5.97 Å². The number of hydrogen-bond acceptors (Lipinski definition) is 2. The van der Waals surface area contributed by atoms with E-state index in [1.807, 2.05) is 13.0 Å². The Balaban J connectivity index is 2.53. The quantitative estimate of drug-likeness (QED) is 0.834. The number of rotatable bonds is 2. The van der Waals surface area contributed by atoms with E-state index in [1.54, 1.807) is 11.5 Å². The molecule has 19 heavy (non-hydrogen) atoms. The molecule has 0 amide bonds. The largest absolute Gasteiger partial charge is 0.477 e. The molecular weight excluding hydrogens is 242 g/mol. The lowest BCUT2D eigenvalue weighted by Gasteiger charge is -2.21. The monoisotopic (exact) mass is 263 g/mol. The van der Waals surface area contributed by atoms with Crippen LogP contribution in [0.15, 0.2) is 10.9 Å². The molecule has 1 aromatic heterocycles. The molecule has 0 aliphatic heterocycles. The van der Waals surface area contributed by atoms with Gasteiger partial charge >= 0.3 is 5.97 Å². The second-order valence-corrected chi connectivity index (χ2v) is 5.47. The van der Waals surface area contributed by atoms with Gasteiger partial charge in [-0.15, -0.1) is 0 Å². The first-order valence-corrected chi connectivity index (χ1v) is 6.98. The number of aryl methyl sites for hydroxylation is 2. The van der Waals surface area contributed by atoms with E-state index in [0.717, 1.165) is 31.4 Å². The summed E-state index contributed by atoms with van der Waals surface area (Å²) in [5, 5.41) is 9.20. The van der Waals surface area contributed by atoms with Crippen molar-refractivity contribution in [1.29, 1.82) is 0 Å². The number of nitrogens with zero attached hydrogens (tertiary/aromatic N) is 1. The van der Waals surface area contributed by atoms with Crippen LogP contribution in [0.5, 0.6) is 0 Å². The van der Waals surface area contributed by atoms with Crippen LogP contribution in [0, 0.1) is 13.8 Å². The number of aromatic nitrogens is 1. The zero-order valence-corrected chi connectivity index (χ0v) is 11.6. The van der Waals surface area contributed by atoms with E-state index in [0.29, 0.717) is 5.56 Å². The Morgan fingerprint density at radius 1 is 1.21 bits per heavy atom. The van der Waals surface area contributed by atoms with Gasteiger partial charge in [0, 0.05) is 11.7 Å². The maximum atomic E-state index is 12.4. The lowest BCUT2D eigenvalue weighted by Crippen LogP contribution is -2.32. The predicted molar refractivity (Wildman–Crippen MR) is 73.9 cm³/mol. The highest BCUT2D eigenvalue weighted by atomic mass is 16.4. The molecule has 1 aromatic rings. The Hall–Kier alpha value is -1.58. The second kappa shape index (κ2) is 5.59. The number of carbonyl (C=O) groups is 1. The number of carboxylic acid groups (broad SMARTS) is 1. The maximum Gasteiger partial charge on any atom is 0.341 e. The van der Waals surface area contributed by atoms with E-state index in [1.165, 1.54) is 12.8 Å². The van der Waals surface area contributed by atoms with Crippen molar-refractivity contribution in [3.8, 4) is 0 Å². The fourth-order valence-corrected chi connectivity index (χ4v) is 3.13. The van der Waals surface area contributed by atoms with Crippen molar-refractivity contribution in [1.82, 2.24) is 4.57 Å². The first kappa shape index (κ1) is 13.8. The molecule has 0 aromatic carbocycles. The van der Waals surface area contributed by atoms with E-state index in [-0.39, 0.29) is 17.2 Å². The van der Waals surface area contributed by atoms with E-state index >= 15 is 0 Å². The molecule has 0 bridgehead atoms. The first-order chi connectivity index (χ1) is 9.02. The number of aromatic carboxylic acids is 1. The second-order valence-electron chi connectivity index (χ2n) is 5.47. The van der Waals surface area contributed by atoms with Crippen molar-refractivity contribution in [2.24, 2.45) is 0 Å². The molecule has 0 atom stereocenters. The minimum Gasteiger partial charge on any atom is -0.477 e. The molecule has 0 spiro atoms. The minimum atomic E-state index is -1.12. The van der Waals surface area contributed by atoms with Gasteiger partial charge in [-0.25, -0.2) is 4.79 Å². The van der Waals surface area contributed by atoms with Crippen LogP contribution in [0.4, 0.5) is 0 Å². The molecule has 0 radical (unpaired) electrons. The van der Waals surface area contributed by atoms with Crippen LogP contribution in [-0.2, 0) is 0 Å². The van der Waals surface area contributed by atoms with Gasteiger partial charge in [-0.05, 0) is 38.3 Å². The summed E-state index contributed by atoms with van der Waals surface area (Å²) in [4.78, 5) is 23.7. The topological polar surface area (TPSA) is 59.3 Å². The van der Waals surface area contributed by atoms with Crippen LogP contribution in [-0.4, -0.2) is 15.6 Å². The van der Waals surface area contributed by atoms with Gasteiger partial charge in [-0.1, -0.05) is 25.7 Å². The summed E-state index contributed by atoms with van der Waals surface area (Å²) in [6.45, 7) is 3.58. The molecule has 1 fully saturated rings. The zero-order chi connectivity index (χ0) is 14.0. The third kappa shape index (κ3) is 2.72. The van der Waals surface area contributed by atoms with Crippen LogP contribution in [0.2, 0.25) is 0 Å². The van der Waals surface area contributed by atoms with Gasteiger partial charge in [0.1, 0.15) is 5.56 Å². The number of hydrogen-bond donors (Lipinski definition) is 1. The van der Waals surface area contributed by atoms with Gasteiger partial charge in [0.25, 0.3) is 5.56 Å². The van der Waals surface area contributed by atoms with Crippen LogP contribution in [0.3, 0.4) is 0 Å². The smallest absolute Gasteiger partial charge is 0.341 e. The van der Waals surface area contributed by atoms with Crippen LogP contribution < -0.4 is 5.56 Å². The Labute approximate surface area is 113 Å². The molecule has 1 N–H and O–H groups in total. The van der Waals surface area contributed by atoms with Gasteiger partial charge in [-0.3, -0.25) is 4.79 Å². The summed E-state index contributed by atoms with van der Waals surface area (Å²) in [5.74, 6) is -1.12. The summed E-state index contributed by atoms with van der Waals surface area (Å²) >= 11 is 0. The van der Waals surface area contributed by atoms with Crippen molar-refractivity contribution < 1.29 is 9.90 Å². The molecule has 4 heteroatoms. The fraction of sp³-hybridized carbons (Fsp3) is 0.600. The van der Waals surface area contributed by atoms with Crippen molar-refractivity contribution in [3.63, 3.8) is 0 Å². The summed E-state index contributed by atoms with van der Waals surface area (Å²) in [6, 6.07) is 1.98. The normalized spacial score (nSPS) is 17.2. The molecule has 1 saturated carbocycles. The molecule has 1 heterocycles. The third-order valence-electron chi connectivity index (χ3n) is 4.04. The summed E-state index contributed by atoms with van der Waals surface area (Å²) in [5.41, 5.74) is 1.02. The van der Waals surface area contributed by atoms with Gasteiger partial charge in [-0.2, -0.15) is 0 Å². The van der Waals surface area contributed by atoms with Crippen LogP contribution in [0.25, 0.3) is 0 Å². The van der Waals surface area contributed by atoms with Crippen LogP contribution >= 0.6 is 0 Å². The molecule has 0 saturated heterocycles. The molecule has 1 aliphatic rings. The number of carboxylic acids is 1. The highest BCUT2D eigenvalue weighted by Gasteiger charge is 2.22. The summed E-state index contributed by atoms with van der Waals surface area (Å²) in [6.07, 6.45) is 6.61. The Morgan fingerprint density at radius 2 is 1.79 bits per heavy atom. The Morgan fingerprint density at radius 3 is 2.32 bits per heavy atom. The summed E-state index contributed by atoms with van der Waals surface area (Å²) in [7, 11) is 0.